The predicted molar refractivity (Wildman–Crippen MR) is 112 cm³/mol. The van der Waals surface area contributed by atoms with Gasteiger partial charge in [0.25, 0.3) is 11.8 Å². The van der Waals surface area contributed by atoms with E-state index in [-0.39, 0.29) is 23.3 Å². The molecule has 0 unspecified atom stereocenters. The summed E-state index contributed by atoms with van der Waals surface area (Å²) in [6, 6.07) is 11.6. The molecule has 0 atom stereocenters. The Hall–Kier alpha value is -2.94. The summed E-state index contributed by atoms with van der Waals surface area (Å²) in [7, 11) is -3.80. The van der Waals surface area contributed by atoms with E-state index in [0.29, 0.717) is 36.6 Å². The lowest BCUT2D eigenvalue weighted by Crippen LogP contribution is -2.52. The minimum atomic E-state index is -3.80. The Morgan fingerprint density at radius 1 is 1.16 bits per heavy atom. The van der Waals surface area contributed by atoms with Crippen molar-refractivity contribution in [2.75, 3.05) is 26.0 Å². The number of hydrogen-bond donors (Lipinski definition) is 1. The molecule has 4 rings (SSSR count). The Bertz CT molecular complexity index is 1110. The number of likely N-dealkylation sites (tertiary alicyclic amines) is 1. The second-order valence-electron chi connectivity index (χ2n) is 8.10. The maximum atomic E-state index is 14.5. The van der Waals surface area contributed by atoms with E-state index in [1.54, 1.807) is 21.8 Å². The van der Waals surface area contributed by atoms with E-state index in [4.69, 9.17) is 4.74 Å². The zero-order valence-corrected chi connectivity index (χ0v) is 17.8. The largest absolute Gasteiger partial charge is 0.493 e. The van der Waals surface area contributed by atoms with Crippen LogP contribution in [-0.4, -0.2) is 51.1 Å². The third kappa shape index (κ3) is 5.04. The van der Waals surface area contributed by atoms with Crippen LogP contribution < -0.4 is 9.46 Å². The van der Waals surface area contributed by atoms with E-state index in [1.165, 1.54) is 6.07 Å². The molecule has 9 heteroatoms. The fraction of sp³-hybridized carbons (Fsp3) is 0.364. The molecule has 1 heterocycles. The summed E-state index contributed by atoms with van der Waals surface area (Å²) in [5.41, 5.74) is 1.03. The van der Waals surface area contributed by atoms with E-state index in [0.717, 1.165) is 25.2 Å². The highest BCUT2D eigenvalue weighted by molar-refractivity contribution is 7.89. The molecule has 7 nitrogen and oxygen atoms in total. The first-order chi connectivity index (χ1) is 14.7. The average molecular weight is 447 g/mol. The van der Waals surface area contributed by atoms with Crippen molar-refractivity contribution in [2.24, 2.45) is 5.92 Å². The summed E-state index contributed by atoms with van der Waals surface area (Å²) in [5.74, 6) is -1.20. The minimum absolute atomic E-state index is 0.0252. The lowest BCUT2D eigenvalue weighted by atomic mass is 9.99. The molecule has 0 bridgehead atoms. The zero-order valence-electron chi connectivity index (χ0n) is 17.0. The number of nitrogens with zero attached hydrogens (tertiary/aromatic N) is 1. The molecule has 1 aliphatic heterocycles. The number of hydrogen-bond acceptors (Lipinski definition) is 5. The minimum Gasteiger partial charge on any atom is -0.493 e. The maximum Gasteiger partial charge on any atom is 0.267 e. The molecule has 1 saturated carbocycles. The van der Waals surface area contributed by atoms with Gasteiger partial charge in [-0.1, -0.05) is 18.2 Å². The van der Waals surface area contributed by atoms with Crippen LogP contribution in [0.3, 0.4) is 0 Å². The van der Waals surface area contributed by atoms with Gasteiger partial charge in [-0.3, -0.25) is 9.59 Å². The first kappa shape index (κ1) is 21.3. The van der Waals surface area contributed by atoms with Gasteiger partial charge < -0.3 is 9.64 Å². The fourth-order valence-electron chi connectivity index (χ4n) is 3.62. The second kappa shape index (κ2) is 8.30. The fourth-order valence-corrected chi connectivity index (χ4v) is 4.07. The SMILES string of the molecule is CS(=O)(=O)NC(=O)c1cc(C2CC2)c(OCC2CN(C(=O)c3ccccc3)C2)cc1F. The number of nitrogens with one attached hydrogen (secondary N) is 1. The summed E-state index contributed by atoms with van der Waals surface area (Å²) in [6.45, 7) is 1.44. The number of benzene rings is 2. The van der Waals surface area contributed by atoms with Crippen LogP contribution in [0.1, 0.15) is 45.0 Å². The van der Waals surface area contributed by atoms with Crippen molar-refractivity contribution in [3.05, 3.63) is 65.0 Å². The summed E-state index contributed by atoms with van der Waals surface area (Å²) in [4.78, 5) is 26.3. The molecule has 31 heavy (non-hydrogen) atoms. The Balaban J connectivity index is 1.40. The maximum absolute atomic E-state index is 14.5. The van der Waals surface area contributed by atoms with Crippen LogP contribution in [0.15, 0.2) is 42.5 Å². The van der Waals surface area contributed by atoms with Gasteiger partial charge in [-0.05, 0) is 42.5 Å². The van der Waals surface area contributed by atoms with Crippen LogP contribution in [0.25, 0.3) is 0 Å². The van der Waals surface area contributed by atoms with Gasteiger partial charge in [0.05, 0.1) is 18.4 Å². The van der Waals surface area contributed by atoms with Gasteiger partial charge in [0.2, 0.25) is 10.0 Å². The van der Waals surface area contributed by atoms with Crippen LogP contribution >= 0.6 is 0 Å². The zero-order chi connectivity index (χ0) is 22.2. The monoisotopic (exact) mass is 446 g/mol. The number of ether oxygens (including phenoxy) is 1. The van der Waals surface area contributed by atoms with Crippen molar-refractivity contribution in [1.29, 1.82) is 0 Å². The van der Waals surface area contributed by atoms with Crippen LogP contribution in [-0.2, 0) is 10.0 Å². The first-order valence-corrected chi connectivity index (χ1v) is 11.9. The number of carbonyl (C=O) groups excluding carboxylic acids is 2. The van der Waals surface area contributed by atoms with Gasteiger partial charge in [-0.2, -0.15) is 0 Å². The van der Waals surface area contributed by atoms with Crippen LogP contribution in [0.5, 0.6) is 5.75 Å². The molecule has 2 aromatic carbocycles. The van der Waals surface area contributed by atoms with E-state index in [9.17, 15) is 22.4 Å². The Morgan fingerprint density at radius 2 is 1.84 bits per heavy atom. The Labute approximate surface area is 180 Å². The smallest absolute Gasteiger partial charge is 0.267 e. The van der Waals surface area contributed by atoms with Crippen LogP contribution in [0, 0.1) is 11.7 Å². The van der Waals surface area contributed by atoms with Crippen molar-refractivity contribution in [3.8, 4) is 5.75 Å². The van der Waals surface area contributed by atoms with Crippen molar-refractivity contribution in [2.45, 2.75) is 18.8 Å². The lowest BCUT2D eigenvalue weighted by molar-refractivity contribution is 0.0392. The van der Waals surface area contributed by atoms with Crippen molar-refractivity contribution in [3.63, 3.8) is 0 Å². The van der Waals surface area contributed by atoms with Gasteiger partial charge in [0, 0.05) is 30.6 Å². The number of carbonyl (C=O) groups is 2. The quantitative estimate of drug-likeness (QED) is 0.706. The molecule has 1 N–H and O–H groups in total. The summed E-state index contributed by atoms with van der Waals surface area (Å²) < 4.78 is 44.8. The van der Waals surface area contributed by atoms with Crippen LogP contribution in [0.2, 0.25) is 0 Å². The highest BCUT2D eigenvalue weighted by Gasteiger charge is 2.33. The normalized spacial score (nSPS) is 16.5. The molecule has 1 saturated heterocycles. The van der Waals surface area contributed by atoms with E-state index < -0.39 is 21.7 Å². The molecule has 2 fully saturated rings. The molecule has 2 aliphatic rings. The van der Waals surface area contributed by atoms with E-state index in [2.05, 4.69) is 0 Å². The number of amides is 2. The number of halogens is 1. The third-order valence-electron chi connectivity index (χ3n) is 5.38. The standard InChI is InChI=1S/C22H23FN2O5S/c1-31(28,29)24-21(26)18-9-17(15-7-8-15)20(10-19(18)23)30-13-14-11-25(12-14)22(27)16-5-3-2-4-6-16/h2-6,9-10,14-15H,7-8,11-13H2,1H3,(H,24,26). The molecule has 0 radical (unpaired) electrons. The van der Waals surface area contributed by atoms with Crippen LogP contribution in [0.4, 0.5) is 4.39 Å². The molecule has 2 amide bonds. The summed E-state index contributed by atoms with van der Waals surface area (Å²) in [6.07, 6.45) is 2.64. The Morgan fingerprint density at radius 3 is 2.45 bits per heavy atom. The molecule has 0 aromatic heterocycles. The van der Waals surface area contributed by atoms with Gasteiger partial charge in [0.1, 0.15) is 11.6 Å². The highest BCUT2D eigenvalue weighted by Crippen LogP contribution is 2.45. The average Bonchev–Trinajstić information content (AvgIpc) is 3.51. The Kier molecular flexibility index (Phi) is 5.70. The van der Waals surface area contributed by atoms with Crippen molar-refractivity contribution >= 4 is 21.8 Å². The van der Waals surface area contributed by atoms with Gasteiger partial charge >= 0.3 is 0 Å². The number of sulfonamides is 1. The molecule has 2 aromatic rings. The van der Waals surface area contributed by atoms with E-state index in [1.807, 2.05) is 18.2 Å². The highest BCUT2D eigenvalue weighted by atomic mass is 32.2. The molecule has 0 spiro atoms. The first-order valence-electron chi connectivity index (χ1n) is 10.0. The predicted octanol–water partition coefficient (Wildman–Crippen LogP) is 2.54. The van der Waals surface area contributed by atoms with E-state index >= 15 is 0 Å². The van der Waals surface area contributed by atoms with Crippen molar-refractivity contribution in [1.82, 2.24) is 9.62 Å². The van der Waals surface area contributed by atoms with Gasteiger partial charge in [-0.25, -0.2) is 17.5 Å². The van der Waals surface area contributed by atoms with Gasteiger partial charge in [-0.15, -0.1) is 0 Å². The molecular weight excluding hydrogens is 423 g/mol. The number of rotatable bonds is 7. The lowest BCUT2D eigenvalue weighted by Gasteiger charge is -2.39. The second-order valence-corrected chi connectivity index (χ2v) is 9.85. The molecule has 164 valence electrons. The summed E-state index contributed by atoms with van der Waals surface area (Å²) >= 11 is 0. The molecular formula is C22H23FN2O5S. The topological polar surface area (TPSA) is 92.8 Å². The molecule has 1 aliphatic carbocycles. The van der Waals surface area contributed by atoms with Gasteiger partial charge in [0.15, 0.2) is 0 Å². The summed E-state index contributed by atoms with van der Waals surface area (Å²) in [5, 5.41) is 0. The third-order valence-corrected chi connectivity index (χ3v) is 5.94. The van der Waals surface area contributed by atoms with Crippen molar-refractivity contribution < 1.29 is 27.1 Å².